The molecule has 1 unspecified atom stereocenters. The summed E-state index contributed by atoms with van der Waals surface area (Å²) in [5.41, 5.74) is 1.22. The molecular formula is C16H18ClNOS. The van der Waals surface area contributed by atoms with Crippen molar-refractivity contribution in [2.24, 2.45) is 0 Å². The fourth-order valence-electron chi connectivity index (χ4n) is 1.91. The molecule has 0 radical (unpaired) electrons. The Morgan fingerprint density at radius 2 is 1.95 bits per heavy atom. The highest BCUT2D eigenvalue weighted by molar-refractivity contribution is 7.99. The zero-order chi connectivity index (χ0) is 14.4. The highest BCUT2D eigenvalue weighted by Crippen LogP contribution is 2.23. The van der Waals surface area contributed by atoms with Crippen LogP contribution in [0.4, 0.5) is 0 Å². The summed E-state index contributed by atoms with van der Waals surface area (Å²) in [6, 6.07) is 15.7. The molecule has 0 heterocycles. The van der Waals surface area contributed by atoms with Crippen molar-refractivity contribution in [2.75, 3.05) is 12.8 Å². The Hall–Kier alpha value is -1.16. The lowest BCUT2D eigenvalue weighted by molar-refractivity contribution is 0.475. The van der Waals surface area contributed by atoms with Gasteiger partial charge in [0.2, 0.25) is 0 Å². The molecule has 2 aromatic rings. The van der Waals surface area contributed by atoms with Gasteiger partial charge < -0.3 is 10.4 Å². The SMILES string of the molecule is CNC(CSc1cccc(Cl)c1)Cc1ccc(O)cc1. The molecule has 0 spiro atoms. The molecule has 106 valence electrons. The summed E-state index contributed by atoms with van der Waals surface area (Å²) < 4.78 is 0. The summed E-state index contributed by atoms with van der Waals surface area (Å²) in [4.78, 5) is 1.18. The summed E-state index contributed by atoms with van der Waals surface area (Å²) in [6.07, 6.45) is 0.935. The van der Waals surface area contributed by atoms with Crippen LogP contribution in [-0.4, -0.2) is 23.9 Å². The van der Waals surface area contributed by atoms with E-state index in [1.165, 1.54) is 10.5 Å². The summed E-state index contributed by atoms with van der Waals surface area (Å²) in [7, 11) is 1.98. The first-order valence-corrected chi connectivity index (χ1v) is 7.87. The van der Waals surface area contributed by atoms with Gasteiger partial charge in [0.05, 0.1) is 0 Å². The Labute approximate surface area is 129 Å². The van der Waals surface area contributed by atoms with Gasteiger partial charge in [-0.25, -0.2) is 0 Å². The Kier molecular flexibility index (Phi) is 5.77. The number of phenolic OH excluding ortho intramolecular Hbond substituents is 1. The maximum absolute atomic E-state index is 9.29. The molecule has 2 rings (SSSR count). The molecule has 0 amide bonds. The van der Waals surface area contributed by atoms with Gasteiger partial charge in [0, 0.05) is 21.7 Å². The van der Waals surface area contributed by atoms with Crippen LogP contribution < -0.4 is 5.32 Å². The predicted octanol–water partition coefficient (Wildman–Crippen LogP) is 3.97. The van der Waals surface area contributed by atoms with E-state index in [1.807, 2.05) is 37.4 Å². The topological polar surface area (TPSA) is 32.3 Å². The average Bonchev–Trinajstić information content (AvgIpc) is 2.45. The van der Waals surface area contributed by atoms with Gasteiger partial charge in [-0.1, -0.05) is 29.8 Å². The third-order valence-electron chi connectivity index (χ3n) is 3.07. The number of phenols is 1. The van der Waals surface area contributed by atoms with E-state index in [1.54, 1.807) is 23.9 Å². The van der Waals surface area contributed by atoms with Crippen LogP contribution in [0.3, 0.4) is 0 Å². The van der Waals surface area contributed by atoms with Crippen molar-refractivity contribution in [1.29, 1.82) is 0 Å². The van der Waals surface area contributed by atoms with Crippen LogP contribution in [-0.2, 0) is 6.42 Å². The molecule has 2 N–H and O–H groups in total. The highest BCUT2D eigenvalue weighted by Gasteiger charge is 2.08. The Morgan fingerprint density at radius 1 is 1.20 bits per heavy atom. The number of hydrogen-bond acceptors (Lipinski definition) is 3. The maximum atomic E-state index is 9.29. The summed E-state index contributed by atoms with van der Waals surface area (Å²) in [5, 5.41) is 13.4. The summed E-state index contributed by atoms with van der Waals surface area (Å²) in [6.45, 7) is 0. The first-order valence-electron chi connectivity index (χ1n) is 6.51. The zero-order valence-electron chi connectivity index (χ0n) is 11.3. The van der Waals surface area contributed by atoms with E-state index in [4.69, 9.17) is 11.6 Å². The number of benzene rings is 2. The van der Waals surface area contributed by atoms with E-state index in [0.717, 1.165) is 17.2 Å². The number of halogens is 1. The number of likely N-dealkylation sites (N-methyl/N-ethyl adjacent to an activating group) is 1. The molecule has 4 heteroatoms. The van der Waals surface area contributed by atoms with E-state index >= 15 is 0 Å². The van der Waals surface area contributed by atoms with Crippen LogP contribution in [0.15, 0.2) is 53.4 Å². The molecule has 20 heavy (non-hydrogen) atoms. The van der Waals surface area contributed by atoms with Crippen molar-refractivity contribution >= 4 is 23.4 Å². The van der Waals surface area contributed by atoms with E-state index in [2.05, 4.69) is 11.4 Å². The summed E-state index contributed by atoms with van der Waals surface area (Å²) in [5.74, 6) is 1.28. The molecule has 2 nitrogen and oxygen atoms in total. The first kappa shape index (κ1) is 15.2. The van der Waals surface area contributed by atoms with E-state index in [9.17, 15) is 5.11 Å². The molecule has 0 aliphatic rings. The van der Waals surface area contributed by atoms with Crippen molar-refractivity contribution < 1.29 is 5.11 Å². The molecule has 0 aliphatic heterocycles. The molecule has 1 atom stereocenters. The number of nitrogens with one attached hydrogen (secondary N) is 1. The second-order valence-corrected chi connectivity index (χ2v) is 6.15. The van der Waals surface area contributed by atoms with E-state index < -0.39 is 0 Å². The van der Waals surface area contributed by atoms with Gasteiger partial charge in [0.25, 0.3) is 0 Å². The second kappa shape index (κ2) is 7.58. The molecule has 0 bridgehead atoms. The van der Waals surface area contributed by atoms with Crippen molar-refractivity contribution in [3.05, 3.63) is 59.1 Å². The van der Waals surface area contributed by atoms with Crippen LogP contribution in [0.2, 0.25) is 5.02 Å². The highest BCUT2D eigenvalue weighted by atomic mass is 35.5. The van der Waals surface area contributed by atoms with Gasteiger partial charge >= 0.3 is 0 Å². The van der Waals surface area contributed by atoms with Gasteiger partial charge in [-0.05, 0) is 49.4 Å². The van der Waals surface area contributed by atoms with Gasteiger partial charge in [-0.3, -0.25) is 0 Å². The van der Waals surface area contributed by atoms with Gasteiger partial charge in [-0.15, -0.1) is 11.8 Å². The fourth-order valence-corrected chi connectivity index (χ4v) is 3.23. The minimum atomic E-state index is 0.308. The lowest BCUT2D eigenvalue weighted by Crippen LogP contribution is -2.30. The largest absolute Gasteiger partial charge is 0.508 e. The molecule has 0 saturated heterocycles. The van der Waals surface area contributed by atoms with E-state index in [0.29, 0.717) is 11.8 Å². The lowest BCUT2D eigenvalue weighted by atomic mass is 10.1. The van der Waals surface area contributed by atoms with Crippen LogP contribution in [0.5, 0.6) is 5.75 Å². The van der Waals surface area contributed by atoms with Gasteiger partial charge in [-0.2, -0.15) is 0 Å². The van der Waals surface area contributed by atoms with Crippen LogP contribution in [0.1, 0.15) is 5.56 Å². The molecule has 0 saturated carbocycles. The molecule has 0 aromatic heterocycles. The van der Waals surface area contributed by atoms with Gasteiger partial charge in [0.15, 0.2) is 0 Å². The lowest BCUT2D eigenvalue weighted by Gasteiger charge is -2.16. The van der Waals surface area contributed by atoms with Crippen molar-refractivity contribution in [1.82, 2.24) is 5.32 Å². The number of aromatic hydroxyl groups is 1. The van der Waals surface area contributed by atoms with Crippen molar-refractivity contribution in [3.63, 3.8) is 0 Å². The second-order valence-electron chi connectivity index (χ2n) is 4.62. The predicted molar refractivity (Wildman–Crippen MR) is 86.8 cm³/mol. The van der Waals surface area contributed by atoms with Crippen molar-refractivity contribution in [3.8, 4) is 5.75 Å². The third-order valence-corrected chi connectivity index (χ3v) is 4.47. The first-order chi connectivity index (χ1) is 9.67. The number of rotatable bonds is 6. The van der Waals surface area contributed by atoms with Crippen molar-refractivity contribution in [2.45, 2.75) is 17.4 Å². The zero-order valence-corrected chi connectivity index (χ0v) is 12.9. The van der Waals surface area contributed by atoms with Crippen LogP contribution in [0.25, 0.3) is 0 Å². The maximum Gasteiger partial charge on any atom is 0.115 e. The molecular weight excluding hydrogens is 290 g/mol. The minimum Gasteiger partial charge on any atom is -0.508 e. The average molecular weight is 308 g/mol. The minimum absolute atomic E-state index is 0.308. The number of thioether (sulfide) groups is 1. The molecule has 0 fully saturated rings. The quantitative estimate of drug-likeness (QED) is 0.792. The monoisotopic (exact) mass is 307 g/mol. The fraction of sp³-hybridized carbons (Fsp3) is 0.250. The van der Waals surface area contributed by atoms with Crippen LogP contribution >= 0.6 is 23.4 Å². The van der Waals surface area contributed by atoms with Crippen LogP contribution in [0, 0.1) is 0 Å². The normalized spacial score (nSPS) is 12.3. The smallest absolute Gasteiger partial charge is 0.115 e. The van der Waals surface area contributed by atoms with Gasteiger partial charge in [0.1, 0.15) is 5.75 Å². The molecule has 2 aromatic carbocycles. The standard InChI is InChI=1S/C16H18ClNOS/c1-18-14(9-12-5-7-15(19)8-6-12)11-20-16-4-2-3-13(17)10-16/h2-8,10,14,18-19H,9,11H2,1H3. The molecule has 0 aliphatic carbocycles. The van der Waals surface area contributed by atoms with E-state index in [-0.39, 0.29) is 0 Å². The number of hydrogen-bond donors (Lipinski definition) is 2. The summed E-state index contributed by atoms with van der Waals surface area (Å²) >= 11 is 7.78. The third kappa shape index (κ3) is 4.75. The Morgan fingerprint density at radius 3 is 2.60 bits per heavy atom. The Balaban J connectivity index is 1.90. The Bertz CT molecular complexity index is 544.